The molecular weight excluding hydrogens is 318 g/mol. The summed E-state index contributed by atoms with van der Waals surface area (Å²) in [5.74, 6) is -0.895. The van der Waals surface area contributed by atoms with Gasteiger partial charge in [-0.3, -0.25) is 0 Å². The molecule has 8 heteroatoms. The Hall–Kier alpha value is -1.57. The number of alkyl halides is 4. The molecule has 1 heterocycles. The van der Waals surface area contributed by atoms with E-state index in [9.17, 15) is 17.6 Å². The lowest BCUT2D eigenvalue weighted by molar-refractivity contribution is -0.144. The van der Waals surface area contributed by atoms with E-state index in [0.29, 0.717) is 5.69 Å². The number of nitrogens with zero attached hydrogens (tertiary/aromatic N) is 3. The minimum Gasteiger partial charge on any atom is -0.247 e. The van der Waals surface area contributed by atoms with Gasteiger partial charge in [-0.1, -0.05) is 6.07 Å². The molecular formula is C14H15F4N3S. The van der Waals surface area contributed by atoms with Crippen molar-refractivity contribution in [2.24, 2.45) is 0 Å². The van der Waals surface area contributed by atoms with Gasteiger partial charge >= 0.3 is 6.18 Å². The fourth-order valence-corrected chi connectivity index (χ4v) is 2.83. The third-order valence-corrected chi connectivity index (χ3v) is 4.33. The van der Waals surface area contributed by atoms with E-state index in [2.05, 4.69) is 10.1 Å². The molecule has 0 spiro atoms. The van der Waals surface area contributed by atoms with Gasteiger partial charge in [0.2, 0.25) is 0 Å². The third kappa shape index (κ3) is 3.79. The standard InChI is InChI=1S/C14H15F4N3S/c1-8-4-9(2)12(22-6-10(3)15)5-11(8)21-7-19-13(20-21)14(16,17)18/h4-5,7,10H,6H2,1-3H3. The van der Waals surface area contributed by atoms with Gasteiger partial charge in [0.05, 0.1) is 5.69 Å². The van der Waals surface area contributed by atoms with Crippen molar-refractivity contribution in [2.45, 2.75) is 38.0 Å². The Balaban J connectivity index is 2.38. The maximum absolute atomic E-state index is 13.0. The molecule has 2 aromatic rings. The molecule has 1 unspecified atom stereocenters. The first-order chi connectivity index (χ1) is 10.2. The summed E-state index contributed by atoms with van der Waals surface area (Å²) >= 11 is 1.33. The average Bonchev–Trinajstić information content (AvgIpc) is 2.86. The molecule has 1 aromatic heterocycles. The lowest BCUT2D eigenvalue weighted by Gasteiger charge is -2.12. The molecule has 0 N–H and O–H groups in total. The second kappa shape index (κ2) is 6.28. The number of hydrogen-bond acceptors (Lipinski definition) is 3. The topological polar surface area (TPSA) is 30.7 Å². The molecule has 0 aliphatic carbocycles. The SMILES string of the molecule is Cc1cc(C)c(-n2cnc(C(F)(F)F)n2)cc1SCC(C)F. The van der Waals surface area contributed by atoms with Crippen molar-refractivity contribution in [3.63, 3.8) is 0 Å². The number of hydrogen-bond donors (Lipinski definition) is 0. The second-order valence-electron chi connectivity index (χ2n) is 5.01. The monoisotopic (exact) mass is 333 g/mol. The van der Waals surface area contributed by atoms with Crippen LogP contribution < -0.4 is 0 Å². The van der Waals surface area contributed by atoms with E-state index in [1.54, 1.807) is 13.0 Å². The molecule has 0 fully saturated rings. The van der Waals surface area contributed by atoms with Crippen molar-refractivity contribution in [3.05, 3.63) is 35.4 Å². The van der Waals surface area contributed by atoms with Crippen LogP contribution in [-0.2, 0) is 6.18 Å². The van der Waals surface area contributed by atoms with Crippen LogP contribution in [0.25, 0.3) is 5.69 Å². The average molecular weight is 333 g/mol. The second-order valence-corrected chi connectivity index (χ2v) is 6.07. The summed E-state index contributed by atoms with van der Waals surface area (Å²) in [4.78, 5) is 4.11. The Bertz CT molecular complexity index is 665. The van der Waals surface area contributed by atoms with E-state index in [-0.39, 0.29) is 5.75 Å². The summed E-state index contributed by atoms with van der Waals surface area (Å²) in [7, 11) is 0. The van der Waals surface area contributed by atoms with Gasteiger partial charge in [0, 0.05) is 10.6 Å². The molecule has 1 atom stereocenters. The number of aryl methyl sites for hydroxylation is 2. The number of rotatable bonds is 4. The van der Waals surface area contributed by atoms with Crippen LogP contribution in [0.5, 0.6) is 0 Å². The van der Waals surface area contributed by atoms with E-state index < -0.39 is 18.2 Å². The summed E-state index contributed by atoms with van der Waals surface area (Å²) in [6.07, 6.45) is -4.50. The molecule has 0 saturated carbocycles. The van der Waals surface area contributed by atoms with Crippen LogP contribution in [0.2, 0.25) is 0 Å². The highest BCUT2D eigenvalue weighted by atomic mass is 32.2. The maximum atomic E-state index is 13.0. The zero-order valence-corrected chi connectivity index (χ0v) is 13.1. The zero-order chi connectivity index (χ0) is 16.5. The summed E-state index contributed by atoms with van der Waals surface area (Å²) < 4.78 is 51.8. The normalized spacial score (nSPS) is 13.4. The van der Waals surface area contributed by atoms with Crippen molar-refractivity contribution >= 4 is 11.8 Å². The van der Waals surface area contributed by atoms with Gasteiger partial charge in [0.25, 0.3) is 5.82 Å². The van der Waals surface area contributed by atoms with E-state index in [1.807, 2.05) is 13.0 Å². The zero-order valence-electron chi connectivity index (χ0n) is 12.3. The summed E-state index contributed by atoms with van der Waals surface area (Å²) in [6, 6.07) is 3.56. The van der Waals surface area contributed by atoms with Gasteiger partial charge in [-0.05, 0) is 38.0 Å². The van der Waals surface area contributed by atoms with Crippen molar-refractivity contribution in [1.82, 2.24) is 14.8 Å². The number of thioether (sulfide) groups is 1. The number of halogens is 4. The lowest BCUT2D eigenvalue weighted by Crippen LogP contribution is -2.09. The molecule has 0 saturated heterocycles. The molecule has 0 aliphatic heterocycles. The van der Waals surface area contributed by atoms with Crippen LogP contribution in [0.15, 0.2) is 23.4 Å². The van der Waals surface area contributed by atoms with E-state index in [0.717, 1.165) is 27.0 Å². The Kier molecular flexibility index (Phi) is 4.79. The van der Waals surface area contributed by atoms with Crippen molar-refractivity contribution < 1.29 is 17.6 Å². The van der Waals surface area contributed by atoms with Gasteiger partial charge in [-0.15, -0.1) is 16.9 Å². The smallest absolute Gasteiger partial charge is 0.247 e. The predicted molar refractivity (Wildman–Crippen MR) is 77.1 cm³/mol. The first kappa shape index (κ1) is 16.8. The van der Waals surface area contributed by atoms with Crippen LogP contribution in [0.1, 0.15) is 23.9 Å². The first-order valence-corrected chi connectivity index (χ1v) is 7.54. The molecule has 2 rings (SSSR count). The van der Waals surface area contributed by atoms with E-state index in [1.165, 1.54) is 18.7 Å². The molecule has 0 aliphatic rings. The minimum absolute atomic E-state index is 0.286. The predicted octanol–water partition coefficient (Wildman–Crippen LogP) is 4.35. The molecule has 1 aromatic carbocycles. The molecule has 120 valence electrons. The third-order valence-electron chi connectivity index (χ3n) is 2.95. The molecule has 3 nitrogen and oxygen atoms in total. The highest BCUT2D eigenvalue weighted by Crippen LogP contribution is 2.30. The van der Waals surface area contributed by atoms with Crippen molar-refractivity contribution in [3.8, 4) is 5.69 Å². The van der Waals surface area contributed by atoms with Crippen molar-refractivity contribution in [2.75, 3.05) is 5.75 Å². The van der Waals surface area contributed by atoms with Gasteiger partial charge in [0.15, 0.2) is 0 Å². The van der Waals surface area contributed by atoms with Crippen LogP contribution in [0.3, 0.4) is 0 Å². The van der Waals surface area contributed by atoms with Crippen LogP contribution in [0, 0.1) is 13.8 Å². The maximum Gasteiger partial charge on any atom is 0.453 e. The van der Waals surface area contributed by atoms with Crippen LogP contribution >= 0.6 is 11.8 Å². The van der Waals surface area contributed by atoms with Crippen LogP contribution in [0.4, 0.5) is 17.6 Å². The number of aromatic nitrogens is 3. The Morgan fingerprint density at radius 1 is 1.23 bits per heavy atom. The summed E-state index contributed by atoms with van der Waals surface area (Å²) in [6.45, 7) is 5.12. The van der Waals surface area contributed by atoms with E-state index >= 15 is 0 Å². The van der Waals surface area contributed by atoms with Gasteiger partial charge < -0.3 is 0 Å². The minimum atomic E-state index is -4.58. The van der Waals surface area contributed by atoms with Gasteiger partial charge in [0.1, 0.15) is 12.5 Å². The fraction of sp³-hybridized carbons (Fsp3) is 0.429. The summed E-state index contributed by atoms with van der Waals surface area (Å²) in [5.41, 5.74) is 2.22. The van der Waals surface area contributed by atoms with Crippen molar-refractivity contribution in [1.29, 1.82) is 0 Å². The molecule has 0 radical (unpaired) electrons. The Morgan fingerprint density at radius 3 is 2.45 bits per heavy atom. The Labute approximate surface area is 129 Å². The highest BCUT2D eigenvalue weighted by molar-refractivity contribution is 7.99. The highest BCUT2D eigenvalue weighted by Gasteiger charge is 2.36. The largest absolute Gasteiger partial charge is 0.453 e. The molecule has 0 bridgehead atoms. The van der Waals surface area contributed by atoms with Gasteiger partial charge in [-0.25, -0.2) is 14.1 Å². The molecule has 22 heavy (non-hydrogen) atoms. The molecule has 0 amide bonds. The number of benzene rings is 1. The van der Waals surface area contributed by atoms with Gasteiger partial charge in [-0.2, -0.15) is 13.2 Å². The van der Waals surface area contributed by atoms with Crippen LogP contribution in [-0.4, -0.2) is 26.7 Å². The quantitative estimate of drug-likeness (QED) is 0.615. The Morgan fingerprint density at radius 2 is 1.91 bits per heavy atom. The fourth-order valence-electron chi connectivity index (χ4n) is 1.94. The van der Waals surface area contributed by atoms with E-state index in [4.69, 9.17) is 0 Å². The first-order valence-electron chi connectivity index (χ1n) is 6.56. The lowest BCUT2D eigenvalue weighted by atomic mass is 10.1. The summed E-state index contributed by atoms with van der Waals surface area (Å²) in [5, 5.41) is 3.48.